The Labute approximate surface area is 180 Å². The summed E-state index contributed by atoms with van der Waals surface area (Å²) in [6, 6.07) is 11.4. The third-order valence-electron chi connectivity index (χ3n) is 4.26. The predicted octanol–water partition coefficient (Wildman–Crippen LogP) is 1.99. The lowest BCUT2D eigenvalue weighted by Gasteiger charge is -2.20. The predicted molar refractivity (Wildman–Crippen MR) is 112 cm³/mol. The number of nitrogens with two attached hydrogens (primary N) is 1. The summed E-state index contributed by atoms with van der Waals surface area (Å²) < 4.78 is 21.0. The van der Waals surface area contributed by atoms with Gasteiger partial charge in [0, 0.05) is 5.56 Å². The molecule has 0 heterocycles. The molecule has 0 saturated carbocycles. The molecule has 0 radical (unpaired) electrons. The average Bonchev–Trinajstić information content (AvgIpc) is 2.77. The van der Waals surface area contributed by atoms with E-state index in [0.29, 0.717) is 0 Å². The van der Waals surface area contributed by atoms with Crippen LogP contribution in [0.2, 0.25) is 0 Å². The maximum Gasteiger partial charge on any atom is 0.308 e. The van der Waals surface area contributed by atoms with Crippen molar-refractivity contribution in [1.82, 2.24) is 5.32 Å². The third-order valence-corrected chi connectivity index (χ3v) is 4.26. The summed E-state index contributed by atoms with van der Waals surface area (Å²) in [5.41, 5.74) is 6.09. The lowest BCUT2D eigenvalue weighted by atomic mass is 10.0. The lowest BCUT2D eigenvalue weighted by Crippen LogP contribution is -2.30. The largest absolute Gasteiger partial charge is 0.493 e. The third kappa shape index (κ3) is 6.63. The molecule has 1 unspecified atom stereocenters. The molecule has 9 heteroatoms. The highest BCUT2D eigenvalue weighted by Gasteiger charge is 2.23. The van der Waals surface area contributed by atoms with Gasteiger partial charge in [-0.1, -0.05) is 30.3 Å². The molecule has 0 aliphatic heterocycles. The number of methoxy groups -OCH3 is 2. The van der Waals surface area contributed by atoms with Crippen LogP contribution in [0.3, 0.4) is 0 Å². The van der Waals surface area contributed by atoms with Crippen LogP contribution in [0.25, 0.3) is 0 Å². The standard InChI is InChI=1S/C22H26N2O7/c1-4-30-20(26)12-16(14-8-6-5-7-9-14)24-22(27)15-10-17(28-2)21(18(11-15)29-3)31-13-19(23)25/h5-11,16H,4,12-13H2,1-3H3,(H2,23,25)(H,24,27). The van der Waals surface area contributed by atoms with Gasteiger partial charge in [0.2, 0.25) is 5.75 Å². The molecule has 0 spiro atoms. The Morgan fingerprint density at radius 2 is 1.65 bits per heavy atom. The zero-order chi connectivity index (χ0) is 22.8. The van der Waals surface area contributed by atoms with E-state index in [2.05, 4.69) is 5.32 Å². The number of esters is 1. The van der Waals surface area contributed by atoms with Crippen molar-refractivity contribution < 1.29 is 33.3 Å². The van der Waals surface area contributed by atoms with Crippen molar-refractivity contribution in [3.63, 3.8) is 0 Å². The van der Waals surface area contributed by atoms with Crippen molar-refractivity contribution in [1.29, 1.82) is 0 Å². The van der Waals surface area contributed by atoms with Gasteiger partial charge in [-0.15, -0.1) is 0 Å². The number of ether oxygens (including phenoxy) is 4. The van der Waals surface area contributed by atoms with Gasteiger partial charge in [0.1, 0.15) is 0 Å². The molecule has 2 rings (SSSR count). The highest BCUT2D eigenvalue weighted by molar-refractivity contribution is 5.96. The van der Waals surface area contributed by atoms with Gasteiger partial charge in [0.25, 0.3) is 11.8 Å². The molecule has 2 aromatic rings. The molecule has 1 atom stereocenters. The van der Waals surface area contributed by atoms with Gasteiger partial charge in [-0.25, -0.2) is 0 Å². The lowest BCUT2D eigenvalue weighted by molar-refractivity contribution is -0.143. The van der Waals surface area contributed by atoms with Crippen LogP contribution in [0.1, 0.15) is 35.3 Å². The summed E-state index contributed by atoms with van der Waals surface area (Å²) in [6.07, 6.45) is -0.0301. The summed E-state index contributed by atoms with van der Waals surface area (Å²) in [5, 5.41) is 2.85. The van der Waals surface area contributed by atoms with E-state index in [9.17, 15) is 14.4 Å². The smallest absolute Gasteiger partial charge is 0.308 e. The minimum Gasteiger partial charge on any atom is -0.493 e. The minimum absolute atomic E-state index is 0.0301. The number of amides is 2. The maximum absolute atomic E-state index is 13.0. The highest BCUT2D eigenvalue weighted by atomic mass is 16.5. The van der Waals surface area contributed by atoms with Crippen molar-refractivity contribution in [2.24, 2.45) is 5.73 Å². The summed E-state index contributed by atoms with van der Waals surface area (Å²) >= 11 is 0. The molecule has 0 fully saturated rings. The number of nitrogens with one attached hydrogen (secondary N) is 1. The van der Waals surface area contributed by atoms with Gasteiger partial charge >= 0.3 is 5.97 Å². The van der Waals surface area contributed by atoms with Crippen LogP contribution in [0.5, 0.6) is 17.2 Å². The van der Waals surface area contributed by atoms with E-state index in [1.807, 2.05) is 30.3 Å². The van der Waals surface area contributed by atoms with Gasteiger partial charge in [-0.3, -0.25) is 14.4 Å². The number of rotatable bonds is 11. The zero-order valence-electron chi connectivity index (χ0n) is 17.7. The molecule has 3 N–H and O–H groups in total. The fourth-order valence-corrected chi connectivity index (χ4v) is 2.86. The van der Waals surface area contributed by atoms with Crippen LogP contribution in [0, 0.1) is 0 Å². The number of primary amides is 1. The van der Waals surface area contributed by atoms with Crippen molar-refractivity contribution in [2.45, 2.75) is 19.4 Å². The molecule has 0 aliphatic rings. The van der Waals surface area contributed by atoms with Crippen molar-refractivity contribution >= 4 is 17.8 Å². The highest BCUT2D eigenvalue weighted by Crippen LogP contribution is 2.38. The number of benzene rings is 2. The number of hydrogen-bond donors (Lipinski definition) is 2. The SMILES string of the molecule is CCOC(=O)CC(NC(=O)c1cc(OC)c(OCC(N)=O)c(OC)c1)c1ccccc1. The van der Waals surface area contributed by atoms with Gasteiger partial charge in [-0.2, -0.15) is 0 Å². The van der Waals surface area contributed by atoms with Gasteiger partial charge in [-0.05, 0) is 24.6 Å². The van der Waals surface area contributed by atoms with Crippen molar-refractivity contribution in [2.75, 3.05) is 27.4 Å². The first kappa shape index (κ1) is 23.5. The summed E-state index contributed by atoms with van der Waals surface area (Å²) in [7, 11) is 2.78. The fourth-order valence-electron chi connectivity index (χ4n) is 2.86. The van der Waals surface area contributed by atoms with E-state index in [4.69, 9.17) is 24.7 Å². The Morgan fingerprint density at radius 3 is 2.16 bits per heavy atom. The molecule has 9 nitrogen and oxygen atoms in total. The Hall–Kier alpha value is -3.75. The maximum atomic E-state index is 13.0. The van der Waals surface area contributed by atoms with Crippen LogP contribution in [0.15, 0.2) is 42.5 Å². The Kier molecular flexibility index (Phi) is 8.68. The molecular weight excluding hydrogens is 404 g/mol. The molecule has 2 amide bonds. The first-order chi connectivity index (χ1) is 14.9. The monoisotopic (exact) mass is 430 g/mol. The normalized spacial score (nSPS) is 11.2. The van der Waals surface area contributed by atoms with E-state index >= 15 is 0 Å². The molecule has 2 aromatic carbocycles. The Morgan fingerprint density at radius 1 is 1.03 bits per heavy atom. The fraction of sp³-hybridized carbons (Fsp3) is 0.318. The Balaban J connectivity index is 2.32. The number of carbonyl (C=O) groups excluding carboxylic acids is 3. The quantitative estimate of drug-likeness (QED) is 0.522. The van der Waals surface area contributed by atoms with E-state index < -0.39 is 23.8 Å². The Bertz CT molecular complexity index is 890. The minimum atomic E-state index is -0.671. The van der Waals surface area contributed by atoms with E-state index in [0.717, 1.165) is 5.56 Å². The second kappa shape index (κ2) is 11.4. The summed E-state index contributed by atoms with van der Waals surface area (Å²) in [4.78, 5) is 36.1. The first-order valence-electron chi connectivity index (χ1n) is 9.58. The molecule has 0 aliphatic carbocycles. The second-order valence-corrected chi connectivity index (χ2v) is 6.41. The molecule has 0 bridgehead atoms. The molecule has 0 aromatic heterocycles. The number of hydrogen-bond acceptors (Lipinski definition) is 7. The van der Waals surface area contributed by atoms with Crippen LogP contribution in [0.4, 0.5) is 0 Å². The summed E-state index contributed by atoms with van der Waals surface area (Å²) in [6.45, 7) is 1.58. The molecule has 0 saturated heterocycles. The van der Waals surface area contributed by atoms with Gasteiger partial charge < -0.3 is 30.0 Å². The van der Waals surface area contributed by atoms with Gasteiger partial charge in [0.05, 0.1) is 33.3 Å². The average molecular weight is 430 g/mol. The van der Waals surface area contributed by atoms with E-state index in [1.54, 1.807) is 6.92 Å². The zero-order valence-corrected chi connectivity index (χ0v) is 17.7. The van der Waals surface area contributed by atoms with Crippen LogP contribution in [-0.4, -0.2) is 45.2 Å². The van der Waals surface area contributed by atoms with Crippen molar-refractivity contribution in [3.8, 4) is 17.2 Å². The van der Waals surface area contributed by atoms with Crippen LogP contribution < -0.4 is 25.3 Å². The van der Waals surface area contributed by atoms with E-state index in [-0.39, 0.29) is 42.4 Å². The molecule has 31 heavy (non-hydrogen) atoms. The van der Waals surface area contributed by atoms with E-state index in [1.165, 1.54) is 26.4 Å². The van der Waals surface area contributed by atoms with Gasteiger partial charge in [0.15, 0.2) is 18.1 Å². The second-order valence-electron chi connectivity index (χ2n) is 6.41. The molecular formula is C22H26N2O7. The summed E-state index contributed by atoms with van der Waals surface area (Å²) in [5.74, 6) is -1.04. The molecule has 166 valence electrons. The number of carbonyl (C=O) groups is 3. The van der Waals surface area contributed by atoms with Crippen LogP contribution in [-0.2, 0) is 14.3 Å². The van der Waals surface area contributed by atoms with Crippen LogP contribution >= 0.6 is 0 Å². The van der Waals surface area contributed by atoms with Crippen molar-refractivity contribution in [3.05, 3.63) is 53.6 Å². The topological polar surface area (TPSA) is 126 Å². The first-order valence-corrected chi connectivity index (χ1v) is 9.58.